The van der Waals surface area contributed by atoms with Gasteiger partial charge in [0.2, 0.25) is 0 Å². The Labute approximate surface area is 143 Å². The molecule has 1 nitrogen and oxygen atoms in total. The molecule has 0 heterocycles. The third-order valence-electron chi connectivity index (χ3n) is 4.02. The Morgan fingerprint density at radius 2 is 1.91 bits per heavy atom. The fourth-order valence-corrected chi connectivity index (χ4v) is 2.74. The van der Waals surface area contributed by atoms with E-state index in [2.05, 4.69) is 64.0 Å². The maximum Gasteiger partial charge on any atom is 0.107 e. The summed E-state index contributed by atoms with van der Waals surface area (Å²) in [4.78, 5) is 2.29. The van der Waals surface area contributed by atoms with Crippen molar-refractivity contribution in [1.82, 2.24) is 4.90 Å². The van der Waals surface area contributed by atoms with Crippen molar-refractivity contribution >= 4 is 7.85 Å². The van der Waals surface area contributed by atoms with Gasteiger partial charge in [0.05, 0.1) is 0 Å². The molecule has 2 radical (unpaired) electrons. The molecular weight excluding hydrogens is 277 g/mol. The van der Waals surface area contributed by atoms with Crippen molar-refractivity contribution in [3.8, 4) is 0 Å². The third kappa shape index (κ3) is 4.76. The molecule has 0 aromatic heterocycles. The van der Waals surface area contributed by atoms with Crippen LogP contribution in [0.4, 0.5) is 0 Å². The summed E-state index contributed by atoms with van der Waals surface area (Å²) in [6.45, 7) is 16.4. The van der Waals surface area contributed by atoms with Crippen LogP contribution in [0.15, 0.2) is 83.3 Å². The van der Waals surface area contributed by atoms with Crippen LogP contribution in [0.5, 0.6) is 0 Å². The second kappa shape index (κ2) is 9.24. The predicted molar refractivity (Wildman–Crippen MR) is 104 cm³/mol. The summed E-state index contributed by atoms with van der Waals surface area (Å²) < 4.78 is 0. The second-order valence-corrected chi connectivity index (χ2v) is 5.68. The summed E-state index contributed by atoms with van der Waals surface area (Å²) in [5.74, 6) is 0. The van der Waals surface area contributed by atoms with E-state index in [1.54, 1.807) is 0 Å². The van der Waals surface area contributed by atoms with E-state index >= 15 is 0 Å². The van der Waals surface area contributed by atoms with Crippen LogP contribution in [-0.2, 0) is 0 Å². The molecule has 0 saturated carbocycles. The minimum Gasteiger partial charge on any atom is -0.314 e. The van der Waals surface area contributed by atoms with Gasteiger partial charge in [-0.15, -0.1) is 5.47 Å². The minimum absolute atomic E-state index is 0.882. The van der Waals surface area contributed by atoms with Crippen LogP contribution in [0.1, 0.15) is 47.0 Å². The van der Waals surface area contributed by atoms with E-state index in [1.165, 1.54) is 17.0 Å². The first-order chi connectivity index (χ1) is 11.0. The molecule has 120 valence electrons. The van der Waals surface area contributed by atoms with E-state index < -0.39 is 0 Å². The summed E-state index contributed by atoms with van der Waals surface area (Å²) in [5, 5.41) is 0. The van der Waals surface area contributed by atoms with Crippen LogP contribution in [0.3, 0.4) is 0 Å². The quantitative estimate of drug-likeness (QED) is 0.416. The molecule has 0 N–H and O–H groups in total. The topological polar surface area (TPSA) is 3.24 Å². The number of hydrogen-bond acceptors (Lipinski definition) is 1. The lowest BCUT2D eigenvalue weighted by atomic mass is 9.86. The third-order valence-corrected chi connectivity index (χ3v) is 4.02. The molecule has 0 aromatic carbocycles. The smallest absolute Gasteiger partial charge is 0.107 e. The first-order valence-electron chi connectivity index (χ1n) is 8.24. The molecule has 1 rings (SSSR count). The normalized spacial score (nSPS) is 17.0. The van der Waals surface area contributed by atoms with Gasteiger partial charge in [0.25, 0.3) is 0 Å². The predicted octanol–water partition coefficient (Wildman–Crippen LogP) is 5.92. The monoisotopic (exact) mass is 305 g/mol. The fourth-order valence-electron chi connectivity index (χ4n) is 2.74. The van der Waals surface area contributed by atoms with Gasteiger partial charge < -0.3 is 4.90 Å². The molecule has 23 heavy (non-hydrogen) atoms. The molecule has 1 aliphatic rings. The van der Waals surface area contributed by atoms with Crippen LogP contribution < -0.4 is 0 Å². The largest absolute Gasteiger partial charge is 0.314 e. The van der Waals surface area contributed by atoms with Crippen molar-refractivity contribution in [2.75, 3.05) is 0 Å². The highest BCUT2D eigenvalue weighted by Gasteiger charge is 2.20. The van der Waals surface area contributed by atoms with Crippen LogP contribution >= 0.6 is 0 Å². The molecule has 0 fully saturated rings. The van der Waals surface area contributed by atoms with E-state index in [0.717, 1.165) is 36.0 Å². The molecular formula is C21H28BN. The zero-order valence-corrected chi connectivity index (χ0v) is 15.0. The van der Waals surface area contributed by atoms with Gasteiger partial charge in [-0.25, -0.2) is 0 Å². The molecule has 2 heteroatoms. The molecule has 0 aromatic rings. The van der Waals surface area contributed by atoms with Gasteiger partial charge in [0.15, 0.2) is 0 Å². The van der Waals surface area contributed by atoms with Gasteiger partial charge in [-0.3, -0.25) is 0 Å². The molecule has 0 unspecified atom stereocenters. The maximum atomic E-state index is 5.93. The number of hydrogen-bond donors (Lipinski definition) is 0. The van der Waals surface area contributed by atoms with Gasteiger partial charge in [-0.1, -0.05) is 44.4 Å². The van der Waals surface area contributed by atoms with Gasteiger partial charge in [-0.2, -0.15) is 0 Å². The molecule has 1 aliphatic carbocycles. The molecule has 0 spiro atoms. The van der Waals surface area contributed by atoms with E-state index in [9.17, 15) is 0 Å². The summed E-state index contributed by atoms with van der Waals surface area (Å²) in [6, 6.07) is 0. The first-order valence-corrected chi connectivity index (χ1v) is 8.24. The van der Waals surface area contributed by atoms with Crippen molar-refractivity contribution in [1.29, 1.82) is 0 Å². The summed E-state index contributed by atoms with van der Waals surface area (Å²) in [5.41, 5.74) is 6.77. The molecule has 0 amide bonds. The maximum absolute atomic E-state index is 5.93. The Kier molecular flexibility index (Phi) is 7.67. The average Bonchev–Trinajstić information content (AvgIpc) is 2.55. The highest BCUT2D eigenvalue weighted by Crippen LogP contribution is 2.32. The Hall–Kier alpha value is -1.96. The summed E-state index contributed by atoms with van der Waals surface area (Å²) in [7, 11) is 5.93. The minimum atomic E-state index is 0.882. The summed E-state index contributed by atoms with van der Waals surface area (Å²) in [6.07, 6.45) is 15.1. The number of rotatable bonds is 7. The van der Waals surface area contributed by atoms with Crippen molar-refractivity contribution in [2.24, 2.45) is 0 Å². The van der Waals surface area contributed by atoms with Crippen molar-refractivity contribution < 1.29 is 0 Å². The first kappa shape index (κ1) is 19.1. The fraction of sp³-hybridized carbons (Fsp3) is 0.333. The second-order valence-electron chi connectivity index (χ2n) is 5.68. The molecule has 0 aliphatic heterocycles. The lowest BCUT2D eigenvalue weighted by molar-refractivity contribution is 0.515. The zero-order valence-electron chi connectivity index (χ0n) is 15.0. The van der Waals surface area contributed by atoms with Crippen LogP contribution in [-0.4, -0.2) is 12.7 Å². The number of nitrogens with zero attached hydrogens (tertiary/aromatic N) is 1. The highest BCUT2D eigenvalue weighted by molar-refractivity contribution is 6.21. The van der Waals surface area contributed by atoms with E-state index in [-0.39, 0.29) is 0 Å². The van der Waals surface area contributed by atoms with Crippen LogP contribution in [0.25, 0.3) is 0 Å². The number of allylic oxidation sites excluding steroid dienone is 10. The lowest BCUT2D eigenvalue weighted by Gasteiger charge is -2.33. The highest BCUT2D eigenvalue weighted by atomic mass is 15.2. The van der Waals surface area contributed by atoms with Crippen LogP contribution in [0.2, 0.25) is 0 Å². The zero-order chi connectivity index (χ0) is 17.4. The van der Waals surface area contributed by atoms with Gasteiger partial charge >= 0.3 is 0 Å². The van der Waals surface area contributed by atoms with E-state index in [4.69, 9.17) is 7.85 Å². The lowest BCUT2D eigenvalue weighted by Crippen LogP contribution is -2.24. The molecule has 0 saturated heterocycles. The average molecular weight is 305 g/mol. The van der Waals surface area contributed by atoms with Gasteiger partial charge in [-0.05, 0) is 63.3 Å². The van der Waals surface area contributed by atoms with Crippen molar-refractivity contribution in [3.05, 3.63) is 83.3 Å². The van der Waals surface area contributed by atoms with Crippen molar-refractivity contribution in [3.63, 3.8) is 0 Å². The van der Waals surface area contributed by atoms with Crippen LogP contribution in [0, 0.1) is 0 Å². The van der Waals surface area contributed by atoms with Gasteiger partial charge in [0.1, 0.15) is 7.85 Å². The Bertz CT molecular complexity index is 612. The molecule has 0 atom stereocenters. The standard InChI is InChI=1S/C21H28BN/c1-7-11-17(6)21(10-4)23(20(9-3)16(5)8-2)19-14-12-18(22)13-15-19/h8-12,14H,2-3,7,13,15H2,1,4-6H3. The van der Waals surface area contributed by atoms with E-state index in [1.807, 2.05) is 18.2 Å². The SMILES string of the molecule is [B]C1=CC=C(N(C(=CC)C(C)=CCC)C(C=C)=C(C)C=C)CC1. The Morgan fingerprint density at radius 1 is 1.22 bits per heavy atom. The Morgan fingerprint density at radius 3 is 2.35 bits per heavy atom. The van der Waals surface area contributed by atoms with Gasteiger partial charge in [0, 0.05) is 17.1 Å². The Balaban J connectivity index is 3.52. The van der Waals surface area contributed by atoms with Crippen molar-refractivity contribution in [2.45, 2.75) is 47.0 Å². The summed E-state index contributed by atoms with van der Waals surface area (Å²) >= 11 is 0. The van der Waals surface area contributed by atoms with E-state index in [0.29, 0.717) is 0 Å². The molecule has 0 bridgehead atoms.